The first-order valence-corrected chi connectivity index (χ1v) is 8.83. The van der Waals surface area contributed by atoms with Crippen LogP contribution in [0.15, 0.2) is 41.1 Å². The second-order valence-electron chi connectivity index (χ2n) is 6.77. The molecule has 0 bridgehead atoms. The lowest BCUT2D eigenvalue weighted by Gasteiger charge is -2.26. The zero-order valence-corrected chi connectivity index (χ0v) is 14.5. The Balaban J connectivity index is 1.37. The van der Waals surface area contributed by atoms with Crippen molar-refractivity contribution < 1.29 is 18.1 Å². The highest BCUT2D eigenvalue weighted by Gasteiger charge is 2.36. The number of hydrogen-bond acceptors (Lipinski definition) is 5. The van der Waals surface area contributed by atoms with Crippen LogP contribution in [0.1, 0.15) is 53.7 Å². The fourth-order valence-electron chi connectivity index (χ4n) is 3.28. The van der Waals surface area contributed by atoms with Gasteiger partial charge >= 0.3 is 0 Å². The third kappa shape index (κ3) is 3.94. The molecule has 0 atom stereocenters. The summed E-state index contributed by atoms with van der Waals surface area (Å²) >= 11 is 0. The summed E-state index contributed by atoms with van der Waals surface area (Å²) in [6.07, 6.45) is 2.06. The van der Waals surface area contributed by atoms with Crippen molar-refractivity contribution in [1.29, 1.82) is 0 Å². The Bertz CT molecular complexity index is 963. The number of rotatable bonds is 4. The van der Waals surface area contributed by atoms with Gasteiger partial charge in [0, 0.05) is 35.9 Å². The van der Waals surface area contributed by atoms with Crippen LogP contribution in [0.4, 0.5) is 8.78 Å². The van der Waals surface area contributed by atoms with Gasteiger partial charge in [0.25, 0.3) is 5.91 Å². The molecule has 0 spiro atoms. The molecule has 8 heteroatoms. The maximum atomic E-state index is 13.3. The van der Waals surface area contributed by atoms with Gasteiger partial charge < -0.3 is 9.84 Å². The number of fused-ring (bicyclic) bond motifs is 1. The molecule has 1 aromatic carbocycles. The molecule has 1 amide bonds. The average Bonchev–Trinajstić information content (AvgIpc) is 3.14. The van der Waals surface area contributed by atoms with E-state index in [1.54, 1.807) is 24.4 Å². The lowest BCUT2D eigenvalue weighted by molar-refractivity contribution is -0.0389. The number of halogens is 2. The Morgan fingerprint density at radius 2 is 2.07 bits per heavy atom. The number of benzene rings is 1. The fourth-order valence-corrected chi connectivity index (χ4v) is 3.28. The lowest BCUT2D eigenvalue weighted by Crippen LogP contribution is -2.24. The maximum Gasteiger partial charge on any atom is 0.251 e. The van der Waals surface area contributed by atoms with Crippen molar-refractivity contribution in [3.8, 4) is 0 Å². The quantitative estimate of drug-likeness (QED) is 0.753. The first-order valence-electron chi connectivity index (χ1n) is 8.83. The van der Waals surface area contributed by atoms with Crippen molar-refractivity contribution in [2.24, 2.45) is 0 Å². The first-order chi connectivity index (χ1) is 13.0. The second kappa shape index (κ2) is 7.02. The molecule has 1 saturated carbocycles. The van der Waals surface area contributed by atoms with Crippen molar-refractivity contribution in [2.75, 3.05) is 0 Å². The van der Waals surface area contributed by atoms with E-state index in [-0.39, 0.29) is 37.1 Å². The molecule has 0 radical (unpaired) electrons. The Morgan fingerprint density at radius 1 is 1.26 bits per heavy atom. The number of aromatic nitrogens is 3. The van der Waals surface area contributed by atoms with Gasteiger partial charge in [-0.2, -0.15) is 4.98 Å². The van der Waals surface area contributed by atoms with Crippen molar-refractivity contribution >= 4 is 16.8 Å². The van der Waals surface area contributed by atoms with E-state index in [4.69, 9.17) is 4.52 Å². The van der Waals surface area contributed by atoms with E-state index in [1.165, 1.54) is 0 Å². The van der Waals surface area contributed by atoms with Crippen LogP contribution >= 0.6 is 0 Å². The van der Waals surface area contributed by atoms with Crippen LogP contribution in [0.3, 0.4) is 0 Å². The third-order valence-corrected chi connectivity index (χ3v) is 4.83. The van der Waals surface area contributed by atoms with Crippen LogP contribution in [-0.4, -0.2) is 27.0 Å². The summed E-state index contributed by atoms with van der Waals surface area (Å²) in [4.78, 5) is 20.8. The summed E-state index contributed by atoms with van der Waals surface area (Å²) in [5.74, 6) is -2.28. The average molecular weight is 372 g/mol. The molecule has 2 aromatic heterocycles. The number of nitrogens with one attached hydrogen (secondary N) is 1. The molecule has 1 aliphatic carbocycles. The molecule has 4 rings (SSSR count). The van der Waals surface area contributed by atoms with Crippen molar-refractivity contribution in [1.82, 2.24) is 20.4 Å². The third-order valence-electron chi connectivity index (χ3n) is 4.83. The number of carbonyl (C=O) groups is 1. The van der Waals surface area contributed by atoms with E-state index in [2.05, 4.69) is 20.4 Å². The van der Waals surface area contributed by atoms with Crippen LogP contribution in [-0.2, 0) is 6.54 Å². The summed E-state index contributed by atoms with van der Waals surface area (Å²) in [5, 5.41) is 7.50. The fraction of sp³-hybridized carbons (Fsp3) is 0.368. The summed E-state index contributed by atoms with van der Waals surface area (Å²) in [6, 6.07) is 8.95. The summed E-state index contributed by atoms with van der Waals surface area (Å²) in [6.45, 7) is 0.0831. The minimum absolute atomic E-state index is 0.0831. The van der Waals surface area contributed by atoms with Crippen LogP contribution in [0.5, 0.6) is 0 Å². The molecule has 140 valence electrons. The van der Waals surface area contributed by atoms with E-state index in [1.807, 2.05) is 12.1 Å². The second-order valence-corrected chi connectivity index (χ2v) is 6.77. The standard InChI is InChI=1S/C19H18F2N4O2/c20-19(21)7-5-12(6-8-19)17-24-16(27-25-17)11-23-18(26)14-3-4-15-13(10-14)2-1-9-22-15/h1-4,9-10,12H,5-8,11H2,(H,23,26). The van der Waals surface area contributed by atoms with E-state index < -0.39 is 5.92 Å². The minimum Gasteiger partial charge on any atom is -0.343 e. The van der Waals surface area contributed by atoms with Gasteiger partial charge in [0.2, 0.25) is 11.8 Å². The highest BCUT2D eigenvalue weighted by Crippen LogP contribution is 2.39. The Labute approximate surface area is 154 Å². The predicted molar refractivity (Wildman–Crippen MR) is 93.4 cm³/mol. The minimum atomic E-state index is -2.59. The number of hydrogen-bond donors (Lipinski definition) is 1. The van der Waals surface area contributed by atoms with Crippen LogP contribution in [0.25, 0.3) is 10.9 Å². The molecule has 3 aromatic rings. The highest BCUT2D eigenvalue weighted by atomic mass is 19.3. The molecule has 0 unspecified atom stereocenters. The molecular weight excluding hydrogens is 354 g/mol. The van der Waals surface area contributed by atoms with E-state index >= 15 is 0 Å². The molecule has 0 saturated heterocycles. The van der Waals surface area contributed by atoms with Gasteiger partial charge in [-0.1, -0.05) is 11.2 Å². The van der Waals surface area contributed by atoms with Crippen molar-refractivity contribution in [3.05, 3.63) is 53.8 Å². The largest absolute Gasteiger partial charge is 0.343 e. The highest BCUT2D eigenvalue weighted by molar-refractivity contribution is 5.97. The number of nitrogens with zero attached hydrogens (tertiary/aromatic N) is 3. The van der Waals surface area contributed by atoms with Gasteiger partial charge in [0.1, 0.15) is 0 Å². The molecular formula is C19H18F2N4O2. The lowest BCUT2D eigenvalue weighted by atomic mass is 9.86. The smallest absolute Gasteiger partial charge is 0.251 e. The first kappa shape index (κ1) is 17.5. The molecule has 1 N–H and O–H groups in total. The molecule has 6 nitrogen and oxygen atoms in total. The van der Waals surface area contributed by atoms with Gasteiger partial charge in [0.15, 0.2) is 5.82 Å². The SMILES string of the molecule is O=C(NCc1nc(C2CCC(F)(F)CC2)no1)c1ccc2ncccc2c1. The van der Waals surface area contributed by atoms with E-state index in [0.29, 0.717) is 24.2 Å². The summed E-state index contributed by atoms with van der Waals surface area (Å²) in [7, 11) is 0. The molecule has 0 aliphatic heterocycles. The van der Waals surface area contributed by atoms with Gasteiger partial charge in [-0.05, 0) is 37.1 Å². The van der Waals surface area contributed by atoms with Gasteiger partial charge in [-0.15, -0.1) is 0 Å². The molecule has 27 heavy (non-hydrogen) atoms. The van der Waals surface area contributed by atoms with Gasteiger partial charge in [0.05, 0.1) is 12.1 Å². The Morgan fingerprint density at radius 3 is 2.89 bits per heavy atom. The zero-order chi connectivity index (χ0) is 18.9. The Hall–Kier alpha value is -2.90. The van der Waals surface area contributed by atoms with E-state index in [9.17, 15) is 13.6 Å². The molecule has 2 heterocycles. The Kier molecular flexibility index (Phi) is 4.55. The van der Waals surface area contributed by atoms with Crippen molar-refractivity contribution in [2.45, 2.75) is 44.1 Å². The van der Waals surface area contributed by atoms with E-state index in [0.717, 1.165) is 10.9 Å². The summed E-state index contributed by atoms with van der Waals surface area (Å²) < 4.78 is 31.7. The van der Waals surface area contributed by atoms with Gasteiger partial charge in [-0.3, -0.25) is 9.78 Å². The van der Waals surface area contributed by atoms with Crippen LogP contribution < -0.4 is 5.32 Å². The molecule has 1 fully saturated rings. The molecule has 1 aliphatic rings. The van der Waals surface area contributed by atoms with Crippen molar-refractivity contribution in [3.63, 3.8) is 0 Å². The number of amides is 1. The monoisotopic (exact) mass is 372 g/mol. The van der Waals surface area contributed by atoms with Crippen LogP contribution in [0.2, 0.25) is 0 Å². The van der Waals surface area contributed by atoms with Gasteiger partial charge in [-0.25, -0.2) is 8.78 Å². The van der Waals surface area contributed by atoms with Crippen LogP contribution in [0, 0.1) is 0 Å². The summed E-state index contributed by atoms with van der Waals surface area (Å²) in [5.41, 5.74) is 1.32. The maximum absolute atomic E-state index is 13.3. The topological polar surface area (TPSA) is 80.9 Å². The number of carbonyl (C=O) groups excluding carboxylic acids is 1. The normalized spacial score (nSPS) is 17.1. The predicted octanol–water partition coefficient (Wildman–Crippen LogP) is 3.84. The zero-order valence-electron chi connectivity index (χ0n) is 14.5. The number of pyridine rings is 1. The number of alkyl halides is 2.